The van der Waals surface area contributed by atoms with Crippen molar-refractivity contribution in [2.75, 3.05) is 26.3 Å². The number of rotatable bonds is 3. The van der Waals surface area contributed by atoms with Crippen molar-refractivity contribution in [3.63, 3.8) is 0 Å². The molecule has 0 N–H and O–H groups in total. The van der Waals surface area contributed by atoms with Crippen molar-refractivity contribution in [1.82, 2.24) is 4.90 Å². The van der Waals surface area contributed by atoms with Crippen LogP contribution >= 0.6 is 11.8 Å². The van der Waals surface area contributed by atoms with Gasteiger partial charge < -0.3 is 4.74 Å². The molecule has 0 amide bonds. The quantitative estimate of drug-likeness (QED) is 0.863. The third-order valence-electron chi connectivity index (χ3n) is 4.33. The number of nitrogens with zero attached hydrogens (tertiary/aromatic N) is 2. The summed E-state index contributed by atoms with van der Waals surface area (Å²) in [6, 6.07) is 21.4. The van der Waals surface area contributed by atoms with Crippen LogP contribution in [0.1, 0.15) is 17.2 Å². The molecule has 0 aliphatic carbocycles. The Balaban J connectivity index is 1.66. The summed E-state index contributed by atoms with van der Waals surface area (Å²) in [6.45, 7) is 3.61. The van der Waals surface area contributed by atoms with Gasteiger partial charge in [-0.1, -0.05) is 72.4 Å². The van der Waals surface area contributed by atoms with Gasteiger partial charge in [-0.05, 0) is 5.56 Å². The molecular formula is C19H20N2OS. The molecule has 0 aromatic heterocycles. The van der Waals surface area contributed by atoms with Crippen molar-refractivity contribution in [2.24, 2.45) is 4.99 Å². The van der Waals surface area contributed by atoms with Gasteiger partial charge in [0.25, 0.3) is 0 Å². The van der Waals surface area contributed by atoms with E-state index in [1.54, 1.807) is 0 Å². The van der Waals surface area contributed by atoms with Gasteiger partial charge in [0.05, 0.1) is 18.6 Å². The van der Waals surface area contributed by atoms with E-state index in [4.69, 9.17) is 9.73 Å². The highest BCUT2D eigenvalue weighted by Gasteiger charge is 2.36. The Morgan fingerprint density at radius 2 is 1.57 bits per heavy atom. The van der Waals surface area contributed by atoms with Crippen molar-refractivity contribution in [3.05, 3.63) is 71.8 Å². The van der Waals surface area contributed by atoms with Gasteiger partial charge in [0.2, 0.25) is 0 Å². The molecule has 2 aliphatic rings. The Kier molecular flexibility index (Phi) is 4.46. The van der Waals surface area contributed by atoms with Crippen molar-refractivity contribution < 1.29 is 4.74 Å². The van der Waals surface area contributed by atoms with Gasteiger partial charge in [0.1, 0.15) is 11.1 Å². The van der Waals surface area contributed by atoms with Crippen LogP contribution in [-0.2, 0) is 4.74 Å². The molecule has 0 bridgehead atoms. The molecule has 23 heavy (non-hydrogen) atoms. The normalized spacial score (nSPS) is 25.3. The molecule has 118 valence electrons. The fourth-order valence-electron chi connectivity index (χ4n) is 3.12. The number of hydrogen-bond donors (Lipinski definition) is 0. The van der Waals surface area contributed by atoms with Crippen LogP contribution in [0.15, 0.2) is 65.7 Å². The highest BCUT2D eigenvalue weighted by atomic mass is 32.2. The third-order valence-corrected chi connectivity index (χ3v) is 5.69. The second-order valence-corrected chi connectivity index (χ2v) is 6.92. The minimum atomic E-state index is 0.189. The molecule has 1 saturated heterocycles. The van der Waals surface area contributed by atoms with Crippen molar-refractivity contribution >= 4 is 16.8 Å². The molecule has 3 nitrogen and oxygen atoms in total. The van der Waals surface area contributed by atoms with Gasteiger partial charge in [-0.2, -0.15) is 0 Å². The van der Waals surface area contributed by atoms with Gasteiger partial charge in [0.15, 0.2) is 0 Å². The average Bonchev–Trinajstić information content (AvgIpc) is 3.09. The SMILES string of the molecule is c1ccc(C2=NC(c3ccccc3)C(N3CCOCC3)S2)cc1. The van der Waals surface area contributed by atoms with E-state index in [1.807, 2.05) is 11.8 Å². The van der Waals surface area contributed by atoms with Crippen LogP contribution < -0.4 is 0 Å². The van der Waals surface area contributed by atoms with Crippen molar-refractivity contribution in [2.45, 2.75) is 11.4 Å². The van der Waals surface area contributed by atoms with E-state index in [2.05, 4.69) is 65.6 Å². The fraction of sp³-hybridized carbons (Fsp3) is 0.316. The molecule has 0 spiro atoms. The standard InChI is InChI=1S/C19H20N2OS/c1-3-7-15(8-4-1)17-19(21-11-13-22-14-12-21)23-18(20-17)16-9-5-2-6-10-16/h1-10,17,19H,11-14H2. The summed E-state index contributed by atoms with van der Waals surface area (Å²) < 4.78 is 5.52. The summed E-state index contributed by atoms with van der Waals surface area (Å²) in [5.74, 6) is 0. The van der Waals surface area contributed by atoms with E-state index in [9.17, 15) is 0 Å². The molecule has 2 aromatic rings. The summed E-state index contributed by atoms with van der Waals surface area (Å²) in [4.78, 5) is 7.60. The third kappa shape index (κ3) is 3.20. The van der Waals surface area contributed by atoms with Crippen LogP contribution in [0.5, 0.6) is 0 Å². The first-order chi connectivity index (χ1) is 11.4. The number of hydrogen-bond acceptors (Lipinski definition) is 4. The number of ether oxygens (including phenoxy) is 1. The van der Waals surface area contributed by atoms with E-state index in [0.29, 0.717) is 5.37 Å². The Bertz CT molecular complexity index is 668. The molecule has 2 aliphatic heterocycles. The summed E-state index contributed by atoms with van der Waals surface area (Å²) in [6.07, 6.45) is 0. The van der Waals surface area contributed by atoms with Crippen LogP contribution in [0.2, 0.25) is 0 Å². The predicted molar refractivity (Wildman–Crippen MR) is 95.9 cm³/mol. The molecular weight excluding hydrogens is 304 g/mol. The highest BCUT2D eigenvalue weighted by Crippen LogP contribution is 2.41. The Morgan fingerprint density at radius 3 is 2.26 bits per heavy atom. The van der Waals surface area contributed by atoms with E-state index < -0.39 is 0 Å². The first kappa shape index (κ1) is 14.9. The zero-order valence-electron chi connectivity index (χ0n) is 13.0. The van der Waals surface area contributed by atoms with E-state index in [0.717, 1.165) is 31.3 Å². The van der Waals surface area contributed by atoms with Crippen LogP contribution in [0.25, 0.3) is 0 Å². The zero-order chi connectivity index (χ0) is 15.5. The summed E-state index contributed by atoms with van der Waals surface area (Å²) in [7, 11) is 0. The lowest BCUT2D eigenvalue weighted by molar-refractivity contribution is 0.0296. The van der Waals surface area contributed by atoms with E-state index in [1.165, 1.54) is 11.1 Å². The first-order valence-electron chi connectivity index (χ1n) is 8.08. The van der Waals surface area contributed by atoms with Crippen LogP contribution in [0.3, 0.4) is 0 Å². The van der Waals surface area contributed by atoms with Gasteiger partial charge in [-0.15, -0.1) is 0 Å². The average molecular weight is 324 g/mol. The number of benzene rings is 2. The lowest BCUT2D eigenvalue weighted by atomic mass is 10.1. The number of aliphatic imine (C=N–C) groups is 1. The Labute approximate surface area is 141 Å². The predicted octanol–water partition coefficient (Wildman–Crippen LogP) is 3.58. The van der Waals surface area contributed by atoms with Crippen molar-refractivity contribution in [3.8, 4) is 0 Å². The summed E-state index contributed by atoms with van der Waals surface area (Å²) in [5, 5.41) is 1.51. The second kappa shape index (κ2) is 6.87. The largest absolute Gasteiger partial charge is 0.379 e. The maximum Gasteiger partial charge on any atom is 0.101 e. The molecule has 4 rings (SSSR count). The maximum atomic E-state index is 5.52. The van der Waals surface area contributed by atoms with Crippen LogP contribution in [-0.4, -0.2) is 41.6 Å². The van der Waals surface area contributed by atoms with Crippen molar-refractivity contribution in [1.29, 1.82) is 0 Å². The summed E-state index contributed by atoms with van der Waals surface area (Å²) >= 11 is 1.89. The molecule has 0 radical (unpaired) electrons. The Morgan fingerprint density at radius 1 is 0.913 bits per heavy atom. The van der Waals surface area contributed by atoms with Crippen LogP contribution in [0, 0.1) is 0 Å². The molecule has 4 heteroatoms. The summed E-state index contributed by atoms with van der Waals surface area (Å²) in [5.41, 5.74) is 2.51. The van der Waals surface area contributed by atoms with Gasteiger partial charge in [0, 0.05) is 18.7 Å². The van der Waals surface area contributed by atoms with Gasteiger partial charge in [-0.3, -0.25) is 9.89 Å². The lowest BCUT2D eigenvalue weighted by Gasteiger charge is -2.34. The number of thioether (sulfide) groups is 1. The van der Waals surface area contributed by atoms with E-state index >= 15 is 0 Å². The highest BCUT2D eigenvalue weighted by molar-refractivity contribution is 8.15. The molecule has 2 unspecified atom stereocenters. The zero-order valence-corrected chi connectivity index (χ0v) is 13.8. The molecule has 0 saturated carbocycles. The molecule has 2 heterocycles. The minimum Gasteiger partial charge on any atom is -0.379 e. The minimum absolute atomic E-state index is 0.189. The number of morpholine rings is 1. The lowest BCUT2D eigenvalue weighted by Crippen LogP contribution is -2.43. The first-order valence-corrected chi connectivity index (χ1v) is 8.96. The monoisotopic (exact) mass is 324 g/mol. The molecule has 1 fully saturated rings. The van der Waals surface area contributed by atoms with Gasteiger partial charge in [-0.25, -0.2) is 0 Å². The Hall–Kier alpha value is -1.62. The topological polar surface area (TPSA) is 24.8 Å². The second-order valence-electron chi connectivity index (χ2n) is 5.81. The smallest absolute Gasteiger partial charge is 0.101 e. The fourth-order valence-corrected chi connectivity index (χ4v) is 4.50. The van der Waals surface area contributed by atoms with Crippen LogP contribution in [0.4, 0.5) is 0 Å². The molecule has 2 atom stereocenters. The maximum absolute atomic E-state index is 5.52. The van der Waals surface area contributed by atoms with E-state index in [-0.39, 0.29) is 6.04 Å². The van der Waals surface area contributed by atoms with Gasteiger partial charge >= 0.3 is 0 Å². The molecule has 2 aromatic carbocycles.